The lowest BCUT2D eigenvalue weighted by atomic mass is 10.0. The number of quaternary nitrogens is 1. The third-order valence-corrected chi connectivity index (χ3v) is 15.8. The molecule has 0 bridgehead atoms. The highest BCUT2D eigenvalue weighted by atomic mass is 31.2. The molecule has 0 aliphatic carbocycles. The molecule has 0 saturated heterocycles. The monoisotopic (exact) mass is 1190 g/mol. The minimum absolute atomic E-state index is 0.0449. The largest absolute Gasteiger partial charge is 0.472 e. The highest BCUT2D eigenvalue weighted by molar-refractivity contribution is 7.47. The maximum atomic E-state index is 13.0. The first kappa shape index (κ1) is 80.6. The molecular formula is C75H132N2O6P+. The summed E-state index contributed by atoms with van der Waals surface area (Å²) in [4.78, 5) is 23.4. The first-order valence-corrected chi connectivity index (χ1v) is 36.1. The van der Waals surface area contributed by atoms with Gasteiger partial charge in [0.05, 0.1) is 39.9 Å². The molecule has 0 heterocycles. The SMILES string of the molecule is CC/C=C\C/C=C\C/C=C\C/C=C\C/C=C\C/C=C\C/C=C\C/C=C\C/C=C\CCCCCCCC(=O)NC(COP(=O)(O)OCC[N+](C)(C)C)C(O)/C=C/CC/C=C/CCCCCCCCCCCCCCCCCCCCCCCCC. The summed E-state index contributed by atoms with van der Waals surface area (Å²) in [5, 5.41) is 14.0. The van der Waals surface area contributed by atoms with E-state index in [2.05, 4.69) is 141 Å². The molecule has 0 aromatic rings. The van der Waals surface area contributed by atoms with Crippen LogP contribution in [-0.2, 0) is 18.4 Å². The molecule has 0 aromatic carbocycles. The number of aliphatic hydroxyl groups excluding tert-OH is 1. The van der Waals surface area contributed by atoms with Crippen molar-refractivity contribution in [3.63, 3.8) is 0 Å². The van der Waals surface area contributed by atoms with Crippen LogP contribution in [0.3, 0.4) is 0 Å². The van der Waals surface area contributed by atoms with Gasteiger partial charge in [-0.25, -0.2) is 4.57 Å². The number of allylic oxidation sites excluding steroid dienone is 21. The third-order valence-electron chi connectivity index (χ3n) is 14.9. The van der Waals surface area contributed by atoms with Crippen molar-refractivity contribution in [3.8, 4) is 0 Å². The van der Waals surface area contributed by atoms with Gasteiger partial charge in [-0.2, -0.15) is 0 Å². The van der Waals surface area contributed by atoms with E-state index in [-0.39, 0.29) is 19.1 Å². The number of nitrogens with one attached hydrogen (secondary N) is 1. The molecule has 3 atom stereocenters. The number of phosphoric acid groups is 1. The van der Waals surface area contributed by atoms with E-state index in [1.807, 2.05) is 27.2 Å². The van der Waals surface area contributed by atoms with Crippen molar-refractivity contribution >= 4 is 13.7 Å². The average Bonchev–Trinajstić information content (AvgIpc) is 3.56. The highest BCUT2D eigenvalue weighted by Crippen LogP contribution is 2.43. The quantitative estimate of drug-likeness (QED) is 0.0243. The third kappa shape index (κ3) is 66.2. The number of nitrogens with zero attached hydrogens (tertiary/aromatic N) is 1. The van der Waals surface area contributed by atoms with Gasteiger partial charge in [0.1, 0.15) is 13.2 Å². The van der Waals surface area contributed by atoms with Crippen LogP contribution in [0, 0.1) is 0 Å². The van der Waals surface area contributed by atoms with Crippen LogP contribution in [0.15, 0.2) is 134 Å². The summed E-state index contributed by atoms with van der Waals surface area (Å²) in [6, 6.07) is -0.886. The smallest absolute Gasteiger partial charge is 0.387 e. The molecule has 0 aliphatic heterocycles. The summed E-state index contributed by atoms with van der Waals surface area (Å²) in [6.07, 6.45) is 97.4. The zero-order valence-electron chi connectivity index (χ0n) is 55.1. The Morgan fingerprint density at radius 2 is 0.726 bits per heavy atom. The van der Waals surface area contributed by atoms with Crippen LogP contribution in [0.2, 0.25) is 0 Å². The number of carbonyl (C=O) groups is 1. The van der Waals surface area contributed by atoms with Crippen LogP contribution in [0.25, 0.3) is 0 Å². The summed E-state index contributed by atoms with van der Waals surface area (Å²) in [7, 11) is 1.53. The fraction of sp³-hybridized carbons (Fsp3) is 0.693. The Bertz CT molecular complexity index is 1830. The second kappa shape index (κ2) is 64.1. The number of aliphatic hydroxyl groups is 1. The number of unbranched alkanes of at least 4 members (excludes halogenated alkanes) is 29. The van der Waals surface area contributed by atoms with E-state index in [0.29, 0.717) is 17.4 Å². The molecule has 482 valence electrons. The molecule has 0 fully saturated rings. The van der Waals surface area contributed by atoms with Crippen molar-refractivity contribution in [1.29, 1.82) is 0 Å². The van der Waals surface area contributed by atoms with Gasteiger partial charge >= 0.3 is 7.82 Å². The summed E-state index contributed by atoms with van der Waals surface area (Å²) in [5.41, 5.74) is 0. The molecule has 84 heavy (non-hydrogen) atoms. The predicted molar refractivity (Wildman–Crippen MR) is 368 cm³/mol. The Labute approximate surface area is 519 Å². The Kier molecular flexibility index (Phi) is 61.6. The van der Waals surface area contributed by atoms with E-state index >= 15 is 0 Å². The Hall–Kier alpha value is -3.36. The molecule has 0 radical (unpaired) electrons. The molecule has 3 unspecified atom stereocenters. The van der Waals surface area contributed by atoms with Crippen LogP contribution in [0.1, 0.15) is 284 Å². The fourth-order valence-electron chi connectivity index (χ4n) is 9.52. The molecule has 1 amide bonds. The molecule has 0 rings (SSSR count). The van der Waals surface area contributed by atoms with Crippen LogP contribution in [0.5, 0.6) is 0 Å². The Morgan fingerprint density at radius 1 is 0.417 bits per heavy atom. The zero-order valence-corrected chi connectivity index (χ0v) is 56.0. The van der Waals surface area contributed by atoms with Crippen molar-refractivity contribution in [2.24, 2.45) is 0 Å². The predicted octanol–water partition coefficient (Wildman–Crippen LogP) is 22.2. The topological polar surface area (TPSA) is 105 Å². The molecule has 0 aliphatic rings. The van der Waals surface area contributed by atoms with Crippen molar-refractivity contribution in [3.05, 3.63) is 134 Å². The van der Waals surface area contributed by atoms with Gasteiger partial charge in [-0.05, 0) is 103 Å². The van der Waals surface area contributed by atoms with Crippen molar-refractivity contribution < 1.29 is 32.9 Å². The van der Waals surface area contributed by atoms with Gasteiger partial charge in [0, 0.05) is 6.42 Å². The molecule has 3 N–H and O–H groups in total. The highest BCUT2D eigenvalue weighted by Gasteiger charge is 2.28. The van der Waals surface area contributed by atoms with Crippen LogP contribution < -0.4 is 5.32 Å². The van der Waals surface area contributed by atoms with E-state index in [1.54, 1.807) is 6.08 Å². The van der Waals surface area contributed by atoms with Gasteiger partial charge < -0.3 is 19.8 Å². The molecule has 8 nitrogen and oxygen atoms in total. The van der Waals surface area contributed by atoms with Crippen molar-refractivity contribution in [2.75, 3.05) is 40.9 Å². The van der Waals surface area contributed by atoms with Crippen molar-refractivity contribution in [2.45, 2.75) is 296 Å². The Balaban J connectivity index is 4.23. The van der Waals surface area contributed by atoms with Crippen molar-refractivity contribution in [1.82, 2.24) is 5.32 Å². The standard InChI is InChI=1S/C75H131N2O6P/c1-6-8-10-12-14-16-18-20-22-24-26-28-30-32-34-36-37-38-39-41-43-45-47-49-51-53-55-57-59-61-63-65-67-69-75(79)76-73(72-83-84(80,81)82-71-70-77(3,4)5)74(78)68-66-64-62-60-58-56-54-52-50-48-46-44-42-40-35-33-31-29-27-25-23-21-19-17-15-13-11-9-7-2/h8,10,14,16,20,22,26,28,32,34,37-38,41,43,47,49,53,55,58,60,66,68,73-74,78H,6-7,9,11-13,15,17-19,21,23-25,27,29-31,33,35-36,39-40,42,44-46,48,50-52,54,56-57,59,61-65,67,69-72H2,1-5H3,(H-,76,79,80,81)/p+1/b10-8-,16-14-,22-20-,28-26-,34-32-,38-37-,43-41-,49-47-,55-53-,60-58+,68-66+. The minimum atomic E-state index is -4.38. The maximum absolute atomic E-state index is 13.0. The summed E-state index contributed by atoms with van der Waals surface area (Å²) in [5.74, 6) is -0.209. The first-order valence-electron chi connectivity index (χ1n) is 34.6. The van der Waals surface area contributed by atoms with E-state index in [4.69, 9.17) is 9.05 Å². The van der Waals surface area contributed by atoms with Crippen LogP contribution in [0.4, 0.5) is 0 Å². The molecule has 9 heteroatoms. The van der Waals surface area contributed by atoms with Gasteiger partial charge in [0.2, 0.25) is 5.91 Å². The summed E-state index contributed by atoms with van der Waals surface area (Å²) < 4.78 is 23.8. The summed E-state index contributed by atoms with van der Waals surface area (Å²) in [6.45, 7) is 4.68. The number of hydrogen-bond donors (Lipinski definition) is 3. The summed E-state index contributed by atoms with van der Waals surface area (Å²) >= 11 is 0. The molecule has 0 aromatic heterocycles. The lowest BCUT2D eigenvalue weighted by Crippen LogP contribution is -2.45. The number of rotatable bonds is 62. The van der Waals surface area contributed by atoms with E-state index < -0.39 is 20.0 Å². The van der Waals surface area contributed by atoms with Crippen LogP contribution >= 0.6 is 7.82 Å². The molecule has 0 spiro atoms. The van der Waals surface area contributed by atoms with Gasteiger partial charge in [-0.15, -0.1) is 0 Å². The number of hydrogen-bond acceptors (Lipinski definition) is 5. The average molecular weight is 1190 g/mol. The van der Waals surface area contributed by atoms with Gasteiger partial charge in [-0.1, -0.05) is 308 Å². The molecular weight excluding hydrogens is 1060 g/mol. The molecule has 0 saturated carbocycles. The second-order valence-electron chi connectivity index (χ2n) is 24.2. The second-order valence-corrected chi connectivity index (χ2v) is 25.6. The number of carbonyl (C=O) groups excluding carboxylic acids is 1. The van der Waals surface area contributed by atoms with E-state index in [9.17, 15) is 19.4 Å². The fourth-order valence-corrected chi connectivity index (χ4v) is 10.3. The van der Waals surface area contributed by atoms with Gasteiger partial charge in [0.15, 0.2) is 0 Å². The first-order chi connectivity index (χ1) is 41.0. The lowest BCUT2D eigenvalue weighted by Gasteiger charge is -2.25. The van der Waals surface area contributed by atoms with Gasteiger partial charge in [0.25, 0.3) is 0 Å². The lowest BCUT2D eigenvalue weighted by molar-refractivity contribution is -0.870. The van der Waals surface area contributed by atoms with Gasteiger partial charge in [-0.3, -0.25) is 13.8 Å². The van der Waals surface area contributed by atoms with E-state index in [1.165, 1.54) is 148 Å². The number of phosphoric ester groups is 1. The van der Waals surface area contributed by atoms with Crippen LogP contribution in [-0.4, -0.2) is 73.4 Å². The number of amides is 1. The normalized spacial score (nSPS) is 14.5. The maximum Gasteiger partial charge on any atom is 0.472 e. The minimum Gasteiger partial charge on any atom is -0.387 e. The Morgan fingerprint density at radius 3 is 1.10 bits per heavy atom. The zero-order chi connectivity index (χ0) is 61.2. The number of likely N-dealkylation sites (N-methyl/N-ethyl adjacent to an activating group) is 1. The van der Waals surface area contributed by atoms with E-state index in [0.717, 1.165) is 116 Å².